The van der Waals surface area contributed by atoms with Crippen LogP contribution in [0.2, 0.25) is 0 Å². The highest BCUT2D eigenvalue weighted by Gasteiger charge is 2.37. The lowest BCUT2D eigenvalue weighted by atomic mass is 10.0. The van der Waals surface area contributed by atoms with Crippen molar-refractivity contribution in [1.82, 2.24) is 19.3 Å². The number of aromatic nitrogens is 3. The van der Waals surface area contributed by atoms with Gasteiger partial charge < -0.3 is 10.1 Å². The summed E-state index contributed by atoms with van der Waals surface area (Å²) in [6.07, 6.45) is 5.86. The minimum atomic E-state index is -2.59. The molecule has 180 valence electrons. The highest BCUT2D eigenvalue weighted by Crippen LogP contribution is 2.32. The van der Waals surface area contributed by atoms with Crippen LogP contribution in [0.4, 0.5) is 19.1 Å². The second kappa shape index (κ2) is 8.57. The van der Waals surface area contributed by atoms with E-state index in [0.29, 0.717) is 37.6 Å². The number of nitrogens with zero attached hydrogens (tertiary/aromatic N) is 4. The molecule has 0 saturated carbocycles. The van der Waals surface area contributed by atoms with Crippen LogP contribution in [0.15, 0.2) is 55.0 Å². The normalized spacial score (nSPS) is 17.0. The summed E-state index contributed by atoms with van der Waals surface area (Å²) in [5, 5.41) is 3.24. The number of hydrogen-bond donors (Lipinski definition) is 1. The molecule has 2 aromatic heterocycles. The van der Waals surface area contributed by atoms with E-state index < -0.39 is 5.92 Å². The van der Waals surface area contributed by atoms with Crippen molar-refractivity contribution in [2.75, 3.05) is 25.0 Å². The first-order chi connectivity index (χ1) is 17.0. The molecule has 6 rings (SSSR count). The van der Waals surface area contributed by atoms with Gasteiger partial charge in [0, 0.05) is 67.8 Å². The summed E-state index contributed by atoms with van der Waals surface area (Å²) >= 11 is 0. The number of rotatable bonds is 6. The first-order valence-corrected chi connectivity index (χ1v) is 11.7. The fourth-order valence-corrected chi connectivity index (χ4v) is 4.92. The van der Waals surface area contributed by atoms with Crippen LogP contribution in [0.1, 0.15) is 23.1 Å². The zero-order valence-corrected chi connectivity index (χ0v) is 19.0. The largest absolute Gasteiger partial charge is 0.493 e. The molecule has 0 spiro atoms. The predicted molar refractivity (Wildman–Crippen MR) is 126 cm³/mol. The smallest absolute Gasteiger partial charge is 0.261 e. The van der Waals surface area contributed by atoms with E-state index in [-0.39, 0.29) is 25.3 Å². The van der Waals surface area contributed by atoms with Crippen molar-refractivity contribution in [3.05, 3.63) is 77.5 Å². The summed E-state index contributed by atoms with van der Waals surface area (Å²) in [6, 6.07) is 10.9. The van der Waals surface area contributed by atoms with Gasteiger partial charge in [0.05, 0.1) is 13.2 Å². The van der Waals surface area contributed by atoms with E-state index in [0.717, 1.165) is 33.7 Å². The van der Waals surface area contributed by atoms with Crippen molar-refractivity contribution < 1.29 is 17.9 Å². The lowest BCUT2D eigenvalue weighted by Crippen LogP contribution is -2.24. The highest BCUT2D eigenvalue weighted by molar-refractivity contribution is 5.78. The summed E-state index contributed by atoms with van der Waals surface area (Å²) in [6.45, 7) is 1.56. The third kappa shape index (κ3) is 4.20. The molecule has 2 aliphatic heterocycles. The van der Waals surface area contributed by atoms with Crippen LogP contribution in [-0.2, 0) is 19.5 Å². The molecule has 35 heavy (non-hydrogen) atoms. The van der Waals surface area contributed by atoms with Gasteiger partial charge >= 0.3 is 0 Å². The van der Waals surface area contributed by atoms with Crippen molar-refractivity contribution in [2.45, 2.75) is 31.9 Å². The number of ether oxygens (including phenoxy) is 1. The maximum atomic E-state index is 14.5. The molecule has 6 nitrogen and oxygen atoms in total. The molecule has 9 heteroatoms. The van der Waals surface area contributed by atoms with Gasteiger partial charge in [0.1, 0.15) is 17.2 Å². The number of hydrogen-bond acceptors (Lipinski definition) is 5. The minimum absolute atomic E-state index is 0.0812. The number of benzene rings is 2. The van der Waals surface area contributed by atoms with Gasteiger partial charge in [-0.15, -0.1) is 0 Å². The third-order valence-corrected chi connectivity index (χ3v) is 6.71. The van der Waals surface area contributed by atoms with Gasteiger partial charge in [-0.2, -0.15) is 0 Å². The molecule has 1 fully saturated rings. The van der Waals surface area contributed by atoms with E-state index in [2.05, 4.69) is 15.3 Å². The van der Waals surface area contributed by atoms with Gasteiger partial charge in [-0.05, 0) is 23.3 Å². The monoisotopic (exact) mass is 479 g/mol. The first kappa shape index (κ1) is 21.9. The summed E-state index contributed by atoms with van der Waals surface area (Å²) in [5.41, 5.74) is 4.97. The molecule has 2 aromatic carbocycles. The van der Waals surface area contributed by atoms with Crippen LogP contribution in [0, 0.1) is 5.82 Å². The molecule has 1 saturated heterocycles. The standard InChI is InChI=1S/C26H24F3N5O/c27-22-5-6-23-19(7-12-35-23)21(22)14-32-25-31-13-20(24-30-9-11-34(24)25)18-3-1-17(2-4-18)15-33-10-8-26(28,29)16-33/h1-6,9,11,13H,7-8,10,12,14-16H2,(H,31,32). The average Bonchev–Trinajstić information content (AvgIpc) is 3.59. The number of alkyl halides is 2. The lowest BCUT2D eigenvalue weighted by molar-refractivity contribution is 0.0115. The maximum Gasteiger partial charge on any atom is 0.261 e. The van der Waals surface area contributed by atoms with E-state index in [9.17, 15) is 13.2 Å². The van der Waals surface area contributed by atoms with Crippen LogP contribution in [-0.4, -0.2) is 44.9 Å². The summed E-state index contributed by atoms with van der Waals surface area (Å²) in [4.78, 5) is 10.9. The van der Waals surface area contributed by atoms with E-state index in [4.69, 9.17) is 4.74 Å². The summed E-state index contributed by atoms with van der Waals surface area (Å²) in [5.74, 6) is -1.56. The predicted octanol–water partition coefficient (Wildman–Crippen LogP) is 4.92. The van der Waals surface area contributed by atoms with E-state index >= 15 is 0 Å². The molecule has 0 bridgehead atoms. The van der Waals surface area contributed by atoms with E-state index in [1.165, 1.54) is 6.07 Å². The van der Waals surface area contributed by atoms with Crippen molar-refractivity contribution in [1.29, 1.82) is 0 Å². The first-order valence-electron chi connectivity index (χ1n) is 11.7. The highest BCUT2D eigenvalue weighted by atomic mass is 19.3. The lowest BCUT2D eigenvalue weighted by Gasteiger charge is -2.16. The number of halogens is 3. The zero-order valence-electron chi connectivity index (χ0n) is 19.0. The van der Waals surface area contributed by atoms with Gasteiger partial charge in [-0.3, -0.25) is 9.30 Å². The SMILES string of the molecule is Fc1ccc2c(c1CNc1ncc(-c3ccc(CN4CCC(F)(F)C4)cc3)c3nccn13)CCO2. The molecule has 0 radical (unpaired) electrons. The minimum Gasteiger partial charge on any atom is -0.493 e. The molecule has 1 N–H and O–H groups in total. The molecule has 4 heterocycles. The second-order valence-electron chi connectivity index (χ2n) is 9.08. The topological polar surface area (TPSA) is 54.7 Å². The van der Waals surface area contributed by atoms with Crippen LogP contribution >= 0.6 is 0 Å². The number of imidazole rings is 1. The molecule has 0 unspecified atom stereocenters. The summed E-state index contributed by atoms with van der Waals surface area (Å²) < 4.78 is 48.9. The van der Waals surface area contributed by atoms with Gasteiger partial charge in [0.15, 0.2) is 0 Å². The van der Waals surface area contributed by atoms with Gasteiger partial charge in [0.25, 0.3) is 5.92 Å². The van der Waals surface area contributed by atoms with Gasteiger partial charge in [-0.1, -0.05) is 24.3 Å². The second-order valence-corrected chi connectivity index (χ2v) is 9.08. The quantitative estimate of drug-likeness (QED) is 0.425. The fourth-order valence-electron chi connectivity index (χ4n) is 4.92. The van der Waals surface area contributed by atoms with Crippen LogP contribution in [0.25, 0.3) is 16.8 Å². The Balaban J connectivity index is 1.22. The van der Waals surface area contributed by atoms with Crippen molar-refractivity contribution >= 4 is 11.6 Å². The Hall–Kier alpha value is -3.59. The molecule has 0 aliphatic carbocycles. The molecule has 4 aromatic rings. The number of likely N-dealkylation sites (tertiary alicyclic amines) is 1. The Morgan fingerprint density at radius 2 is 1.94 bits per heavy atom. The van der Waals surface area contributed by atoms with Gasteiger partial charge in [-0.25, -0.2) is 23.1 Å². The Kier molecular flexibility index (Phi) is 5.36. The molecule has 0 atom stereocenters. The Morgan fingerprint density at radius 3 is 2.74 bits per heavy atom. The van der Waals surface area contributed by atoms with Crippen LogP contribution < -0.4 is 10.1 Å². The number of fused-ring (bicyclic) bond motifs is 2. The molecular weight excluding hydrogens is 455 g/mol. The Morgan fingerprint density at radius 1 is 1.09 bits per heavy atom. The average molecular weight is 480 g/mol. The Bertz CT molecular complexity index is 1390. The maximum absolute atomic E-state index is 14.5. The van der Waals surface area contributed by atoms with Crippen molar-refractivity contribution in [3.63, 3.8) is 0 Å². The van der Waals surface area contributed by atoms with Crippen molar-refractivity contribution in [3.8, 4) is 16.9 Å². The van der Waals surface area contributed by atoms with Crippen LogP contribution in [0.5, 0.6) is 5.75 Å². The molecule has 2 aliphatic rings. The zero-order chi connectivity index (χ0) is 24.0. The fraction of sp³-hybridized carbons (Fsp3) is 0.308. The van der Waals surface area contributed by atoms with E-state index in [1.54, 1.807) is 23.4 Å². The third-order valence-electron chi connectivity index (χ3n) is 6.71. The van der Waals surface area contributed by atoms with Gasteiger partial charge in [0.2, 0.25) is 5.95 Å². The Labute approximate surface area is 200 Å². The van der Waals surface area contributed by atoms with Crippen molar-refractivity contribution in [2.24, 2.45) is 0 Å². The number of nitrogens with one attached hydrogen (secondary N) is 1. The van der Waals surface area contributed by atoms with E-state index in [1.807, 2.05) is 34.9 Å². The number of anilines is 1. The molecule has 0 amide bonds. The van der Waals surface area contributed by atoms with Crippen LogP contribution in [0.3, 0.4) is 0 Å². The summed E-state index contributed by atoms with van der Waals surface area (Å²) in [7, 11) is 0. The molecular formula is C26H24F3N5O.